The van der Waals surface area contributed by atoms with Gasteiger partial charge in [-0.2, -0.15) is 0 Å². The topological polar surface area (TPSA) is 83.6 Å². The van der Waals surface area contributed by atoms with Crippen LogP contribution in [-0.2, 0) is 0 Å². The number of halogens is 2. The minimum atomic E-state index is -0.366. The van der Waals surface area contributed by atoms with Gasteiger partial charge in [-0.15, -0.1) is 0 Å². The Hall–Kier alpha value is -3.32. The molecule has 27 heavy (non-hydrogen) atoms. The van der Waals surface area contributed by atoms with E-state index >= 15 is 0 Å². The highest BCUT2D eigenvalue weighted by Gasteiger charge is 2.17. The average molecular weight is 382 g/mol. The number of carbonyl (C=O) groups excluding carboxylic acids is 1. The zero-order valence-corrected chi connectivity index (χ0v) is 14.9. The molecule has 1 aromatic carbocycles. The van der Waals surface area contributed by atoms with Gasteiger partial charge in [0.05, 0.1) is 16.8 Å². The molecule has 0 bridgehead atoms. The predicted octanol–water partition coefficient (Wildman–Crippen LogP) is 4.37. The lowest BCUT2D eigenvalue weighted by atomic mass is 10.2. The minimum absolute atomic E-state index is 0.213. The minimum Gasteiger partial charge on any atom is -0.336 e. The number of hydrogen-bond donors (Lipinski definition) is 2. The third kappa shape index (κ3) is 3.24. The van der Waals surface area contributed by atoms with Gasteiger partial charge in [-0.25, -0.2) is 19.3 Å². The van der Waals surface area contributed by atoms with Crippen molar-refractivity contribution < 1.29 is 9.18 Å². The molecule has 0 aliphatic carbocycles. The lowest BCUT2D eigenvalue weighted by Crippen LogP contribution is -2.14. The summed E-state index contributed by atoms with van der Waals surface area (Å²) >= 11 is 6.09. The number of rotatable bonds is 3. The van der Waals surface area contributed by atoms with Crippen LogP contribution in [0.1, 0.15) is 15.9 Å². The summed E-state index contributed by atoms with van der Waals surface area (Å²) in [4.78, 5) is 28.5. The van der Waals surface area contributed by atoms with E-state index in [1.165, 1.54) is 18.3 Å². The van der Waals surface area contributed by atoms with Gasteiger partial charge in [0.15, 0.2) is 10.8 Å². The molecule has 0 spiro atoms. The summed E-state index contributed by atoms with van der Waals surface area (Å²) in [5, 5.41) is 3.00. The maximum atomic E-state index is 13.1. The molecule has 3 heterocycles. The number of aromatic amines is 1. The van der Waals surface area contributed by atoms with Gasteiger partial charge < -0.3 is 10.3 Å². The van der Waals surface area contributed by atoms with E-state index in [1.54, 1.807) is 30.5 Å². The van der Waals surface area contributed by atoms with E-state index in [1.807, 2.05) is 6.92 Å². The Morgan fingerprint density at radius 1 is 1.11 bits per heavy atom. The summed E-state index contributed by atoms with van der Waals surface area (Å²) in [6.45, 7) is 1.83. The number of nitrogens with zero attached hydrogens (tertiary/aromatic N) is 3. The predicted molar refractivity (Wildman–Crippen MR) is 101 cm³/mol. The summed E-state index contributed by atoms with van der Waals surface area (Å²) in [7, 11) is 0. The molecule has 0 saturated carbocycles. The number of benzene rings is 1. The van der Waals surface area contributed by atoms with Crippen LogP contribution in [0.2, 0.25) is 5.15 Å². The Morgan fingerprint density at radius 2 is 1.85 bits per heavy atom. The van der Waals surface area contributed by atoms with E-state index in [9.17, 15) is 9.18 Å². The Balaban J connectivity index is 1.73. The van der Waals surface area contributed by atoms with Crippen LogP contribution < -0.4 is 5.32 Å². The smallest absolute Gasteiger partial charge is 0.258 e. The number of fused-ring (bicyclic) bond motifs is 1. The second-order valence-electron chi connectivity index (χ2n) is 5.90. The largest absolute Gasteiger partial charge is 0.336 e. The summed E-state index contributed by atoms with van der Waals surface area (Å²) in [6.07, 6.45) is 3.08. The highest BCUT2D eigenvalue weighted by molar-refractivity contribution is 6.33. The summed E-state index contributed by atoms with van der Waals surface area (Å²) < 4.78 is 13.1. The van der Waals surface area contributed by atoms with E-state index < -0.39 is 0 Å². The molecule has 0 radical (unpaired) electrons. The number of hydrogen-bond acceptors (Lipinski definition) is 4. The van der Waals surface area contributed by atoms with Crippen molar-refractivity contribution in [3.63, 3.8) is 0 Å². The van der Waals surface area contributed by atoms with E-state index in [0.717, 1.165) is 5.56 Å². The SMILES string of the molecule is Cc1ccnc(Cl)c1NC(=O)c1ccnc2nc(-c3ccc(F)cc3)[nH]c12. The molecule has 0 atom stereocenters. The Labute approximate surface area is 158 Å². The van der Waals surface area contributed by atoms with Crippen molar-refractivity contribution in [1.29, 1.82) is 0 Å². The molecule has 0 saturated heterocycles. The molecule has 0 unspecified atom stereocenters. The molecule has 2 N–H and O–H groups in total. The number of amides is 1. The van der Waals surface area contributed by atoms with E-state index in [2.05, 4.69) is 25.3 Å². The number of carbonyl (C=O) groups is 1. The normalized spacial score (nSPS) is 10.9. The van der Waals surface area contributed by atoms with Crippen molar-refractivity contribution in [3.05, 3.63) is 70.9 Å². The van der Waals surface area contributed by atoms with Crippen molar-refractivity contribution in [2.24, 2.45) is 0 Å². The molecular weight excluding hydrogens is 369 g/mol. The quantitative estimate of drug-likeness (QED) is 0.516. The van der Waals surface area contributed by atoms with Crippen LogP contribution in [0.3, 0.4) is 0 Å². The van der Waals surface area contributed by atoms with E-state index in [4.69, 9.17) is 11.6 Å². The molecule has 3 aromatic heterocycles. The van der Waals surface area contributed by atoms with Crippen molar-refractivity contribution >= 4 is 34.4 Å². The van der Waals surface area contributed by atoms with Crippen LogP contribution in [-0.4, -0.2) is 25.8 Å². The van der Waals surface area contributed by atoms with Crippen LogP contribution >= 0.6 is 11.6 Å². The van der Waals surface area contributed by atoms with Crippen LogP contribution in [0.15, 0.2) is 48.8 Å². The number of aromatic nitrogens is 4. The molecule has 8 heteroatoms. The lowest BCUT2D eigenvalue weighted by Gasteiger charge is -2.09. The molecule has 0 fully saturated rings. The summed E-state index contributed by atoms with van der Waals surface area (Å²) in [5.74, 6) is -0.209. The number of pyridine rings is 2. The van der Waals surface area contributed by atoms with Gasteiger partial charge in [0, 0.05) is 18.0 Å². The second kappa shape index (κ2) is 6.77. The maximum Gasteiger partial charge on any atom is 0.258 e. The first-order chi connectivity index (χ1) is 13.0. The van der Waals surface area contributed by atoms with Gasteiger partial charge in [0.25, 0.3) is 5.91 Å². The molecule has 0 aliphatic heterocycles. The molecule has 4 rings (SSSR count). The number of H-pyrrole nitrogens is 1. The standard InChI is InChI=1S/C19H13ClFN5O/c1-10-6-8-22-16(20)14(10)25-19(27)13-7-9-23-18-15(13)24-17(26-18)11-2-4-12(21)5-3-11/h2-9H,1H3,(H,25,27)(H,23,24,26). The first kappa shape index (κ1) is 17.1. The highest BCUT2D eigenvalue weighted by atomic mass is 35.5. The van der Waals surface area contributed by atoms with Crippen LogP contribution in [0.25, 0.3) is 22.6 Å². The molecule has 1 amide bonds. The monoisotopic (exact) mass is 381 g/mol. The molecule has 0 aliphatic rings. The van der Waals surface area contributed by atoms with Crippen molar-refractivity contribution in [1.82, 2.24) is 19.9 Å². The molecule has 6 nitrogen and oxygen atoms in total. The van der Waals surface area contributed by atoms with Crippen LogP contribution in [0, 0.1) is 12.7 Å². The van der Waals surface area contributed by atoms with Crippen LogP contribution in [0.4, 0.5) is 10.1 Å². The molecular formula is C19H13ClFN5O. The van der Waals surface area contributed by atoms with Gasteiger partial charge in [-0.05, 0) is 48.9 Å². The fourth-order valence-corrected chi connectivity index (χ4v) is 2.95. The van der Waals surface area contributed by atoms with Crippen molar-refractivity contribution in [2.75, 3.05) is 5.32 Å². The summed E-state index contributed by atoms with van der Waals surface area (Å²) in [6, 6.07) is 9.24. The first-order valence-electron chi connectivity index (χ1n) is 8.06. The van der Waals surface area contributed by atoms with Gasteiger partial charge in [0.1, 0.15) is 11.6 Å². The zero-order chi connectivity index (χ0) is 19.0. The number of aryl methyl sites for hydroxylation is 1. The maximum absolute atomic E-state index is 13.1. The Bertz CT molecular complexity index is 1140. The second-order valence-corrected chi connectivity index (χ2v) is 6.26. The Kier molecular flexibility index (Phi) is 4.29. The van der Waals surface area contributed by atoms with Crippen molar-refractivity contribution in [2.45, 2.75) is 6.92 Å². The third-order valence-electron chi connectivity index (χ3n) is 4.11. The van der Waals surface area contributed by atoms with E-state index in [-0.39, 0.29) is 16.9 Å². The van der Waals surface area contributed by atoms with Crippen molar-refractivity contribution in [3.8, 4) is 11.4 Å². The molecule has 4 aromatic rings. The average Bonchev–Trinajstić information content (AvgIpc) is 3.09. The lowest BCUT2D eigenvalue weighted by molar-refractivity contribution is 0.102. The zero-order valence-electron chi connectivity index (χ0n) is 14.1. The fourth-order valence-electron chi connectivity index (χ4n) is 2.70. The Morgan fingerprint density at radius 3 is 2.59 bits per heavy atom. The molecule has 134 valence electrons. The van der Waals surface area contributed by atoms with Gasteiger partial charge >= 0.3 is 0 Å². The van der Waals surface area contributed by atoms with Gasteiger partial charge in [0.2, 0.25) is 0 Å². The first-order valence-corrected chi connectivity index (χ1v) is 8.44. The number of nitrogens with one attached hydrogen (secondary N) is 2. The van der Waals surface area contributed by atoms with Gasteiger partial charge in [-0.3, -0.25) is 4.79 Å². The highest BCUT2D eigenvalue weighted by Crippen LogP contribution is 2.26. The van der Waals surface area contributed by atoms with Crippen LogP contribution in [0.5, 0.6) is 0 Å². The third-order valence-corrected chi connectivity index (χ3v) is 4.39. The number of imidazole rings is 1. The number of anilines is 1. The summed E-state index contributed by atoms with van der Waals surface area (Å²) in [5.41, 5.74) is 3.16. The van der Waals surface area contributed by atoms with Gasteiger partial charge in [-0.1, -0.05) is 11.6 Å². The van der Waals surface area contributed by atoms with E-state index in [0.29, 0.717) is 33.8 Å². The fraction of sp³-hybridized carbons (Fsp3) is 0.0526.